The first-order valence-corrected chi connectivity index (χ1v) is 9.27. The largest absolute Gasteiger partial charge is 0.325 e. The van der Waals surface area contributed by atoms with Crippen molar-refractivity contribution in [2.75, 3.05) is 11.1 Å². The van der Waals surface area contributed by atoms with E-state index in [1.807, 2.05) is 60.7 Å². The third kappa shape index (κ3) is 4.15. The first kappa shape index (κ1) is 16.1. The number of fused-ring (bicyclic) bond motifs is 1. The minimum Gasteiger partial charge on any atom is -0.325 e. The van der Waals surface area contributed by atoms with Crippen LogP contribution in [-0.2, 0) is 10.5 Å². The maximum atomic E-state index is 12.2. The van der Waals surface area contributed by atoms with Crippen molar-refractivity contribution in [1.82, 2.24) is 0 Å². The summed E-state index contributed by atoms with van der Waals surface area (Å²) in [7, 11) is 0. The molecule has 0 unspecified atom stereocenters. The van der Waals surface area contributed by atoms with E-state index >= 15 is 0 Å². The predicted molar refractivity (Wildman–Crippen MR) is 103 cm³/mol. The third-order valence-corrected chi connectivity index (χ3v) is 5.27. The molecule has 0 fully saturated rings. The summed E-state index contributed by atoms with van der Waals surface area (Å²) in [6.07, 6.45) is 0. The highest BCUT2D eigenvalue weighted by Gasteiger charge is 2.06. The molecule has 3 aromatic carbocycles. The first-order chi connectivity index (χ1) is 11.2. The van der Waals surface area contributed by atoms with Gasteiger partial charge in [0.1, 0.15) is 0 Å². The van der Waals surface area contributed by atoms with Crippen LogP contribution in [-0.4, -0.2) is 11.7 Å². The third-order valence-electron chi connectivity index (χ3n) is 3.51. The maximum Gasteiger partial charge on any atom is 0.234 e. The summed E-state index contributed by atoms with van der Waals surface area (Å²) in [4.78, 5) is 12.2. The van der Waals surface area contributed by atoms with Gasteiger partial charge in [0.2, 0.25) is 5.91 Å². The fourth-order valence-electron chi connectivity index (χ4n) is 2.39. The molecule has 2 nitrogen and oxygen atoms in total. The Hall–Kier alpha value is -1.78. The molecule has 0 atom stereocenters. The van der Waals surface area contributed by atoms with Crippen LogP contribution in [0.3, 0.4) is 0 Å². The van der Waals surface area contributed by atoms with Crippen LogP contribution in [0.2, 0.25) is 0 Å². The lowest BCUT2D eigenvalue weighted by Gasteiger charge is -2.09. The number of hydrogen-bond donors (Lipinski definition) is 1. The summed E-state index contributed by atoms with van der Waals surface area (Å²) >= 11 is 5.14. The molecule has 1 N–H and O–H groups in total. The van der Waals surface area contributed by atoms with E-state index in [-0.39, 0.29) is 5.91 Å². The molecule has 0 saturated heterocycles. The molecular weight excluding hydrogens is 370 g/mol. The van der Waals surface area contributed by atoms with Crippen LogP contribution in [0.5, 0.6) is 0 Å². The standard InChI is InChI=1S/C19H16BrNOS/c20-17-10-4-2-7-15(17)12-23-13-19(22)21-18-11-5-8-14-6-1-3-9-16(14)18/h1-11H,12-13H2,(H,21,22). The van der Waals surface area contributed by atoms with Crippen LogP contribution < -0.4 is 5.32 Å². The number of carbonyl (C=O) groups is 1. The molecule has 0 aliphatic carbocycles. The van der Waals surface area contributed by atoms with Crippen molar-refractivity contribution in [2.24, 2.45) is 0 Å². The van der Waals surface area contributed by atoms with Gasteiger partial charge in [0, 0.05) is 21.3 Å². The highest BCUT2D eigenvalue weighted by molar-refractivity contribution is 9.10. The van der Waals surface area contributed by atoms with Crippen molar-refractivity contribution in [3.8, 4) is 0 Å². The van der Waals surface area contributed by atoms with E-state index in [1.165, 1.54) is 5.56 Å². The molecule has 0 heterocycles. The zero-order valence-electron chi connectivity index (χ0n) is 12.5. The highest BCUT2D eigenvalue weighted by Crippen LogP contribution is 2.24. The average molecular weight is 386 g/mol. The van der Waals surface area contributed by atoms with Gasteiger partial charge < -0.3 is 5.32 Å². The topological polar surface area (TPSA) is 29.1 Å². The second-order valence-corrected chi connectivity index (χ2v) is 7.00. The number of benzene rings is 3. The molecule has 0 aromatic heterocycles. The van der Waals surface area contributed by atoms with Crippen molar-refractivity contribution in [3.63, 3.8) is 0 Å². The smallest absolute Gasteiger partial charge is 0.234 e. The molecule has 0 aliphatic heterocycles. The number of anilines is 1. The Morgan fingerprint density at radius 3 is 2.57 bits per heavy atom. The van der Waals surface area contributed by atoms with E-state index in [1.54, 1.807) is 11.8 Å². The van der Waals surface area contributed by atoms with Crippen LogP contribution in [0, 0.1) is 0 Å². The molecule has 0 aliphatic rings. The lowest BCUT2D eigenvalue weighted by atomic mass is 10.1. The molecule has 0 spiro atoms. The second kappa shape index (κ2) is 7.66. The molecule has 23 heavy (non-hydrogen) atoms. The van der Waals surface area contributed by atoms with E-state index in [4.69, 9.17) is 0 Å². The monoisotopic (exact) mass is 385 g/mol. The van der Waals surface area contributed by atoms with Gasteiger partial charge in [0.25, 0.3) is 0 Å². The number of hydrogen-bond acceptors (Lipinski definition) is 2. The number of rotatable bonds is 5. The normalized spacial score (nSPS) is 10.7. The number of thioether (sulfide) groups is 1. The Morgan fingerprint density at radius 1 is 0.957 bits per heavy atom. The summed E-state index contributed by atoms with van der Waals surface area (Å²) in [6, 6.07) is 22.1. The molecule has 3 rings (SSSR count). The van der Waals surface area contributed by atoms with E-state index in [2.05, 4.69) is 27.3 Å². The van der Waals surface area contributed by atoms with Crippen LogP contribution in [0.1, 0.15) is 5.56 Å². The van der Waals surface area contributed by atoms with Gasteiger partial charge in [-0.15, -0.1) is 11.8 Å². The van der Waals surface area contributed by atoms with Gasteiger partial charge in [0.05, 0.1) is 5.75 Å². The maximum absolute atomic E-state index is 12.2. The molecule has 3 aromatic rings. The van der Waals surface area contributed by atoms with Crippen molar-refractivity contribution in [1.29, 1.82) is 0 Å². The van der Waals surface area contributed by atoms with Gasteiger partial charge in [-0.25, -0.2) is 0 Å². The molecule has 0 saturated carbocycles. The molecular formula is C19H16BrNOS. The van der Waals surface area contributed by atoms with Crippen LogP contribution >= 0.6 is 27.7 Å². The summed E-state index contributed by atoms with van der Waals surface area (Å²) in [5, 5.41) is 5.21. The Kier molecular flexibility index (Phi) is 5.36. The van der Waals surface area contributed by atoms with Gasteiger partial charge in [-0.3, -0.25) is 4.79 Å². The van der Waals surface area contributed by atoms with Crippen molar-refractivity contribution >= 4 is 50.1 Å². The molecule has 0 radical (unpaired) electrons. The SMILES string of the molecule is O=C(CSCc1ccccc1Br)Nc1cccc2ccccc12. The first-order valence-electron chi connectivity index (χ1n) is 7.33. The van der Waals surface area contributed by atoms with Gasteiger partial charge in [0.15, 0.2) is 0 Å². The van der Waals surface area contributed by atoms with Gasteiger partial charge in [-0.05, 0) is 23.1 Å². The summed E-state index contributed by atoms with van der Waals surface area (Å²) in [6.45, 7) is 0. The summed E-state index contributed by atoms with van der Waals surface area (Å²) in [5.74, 6) is 1.27. The Labute approximate surface area is 148 Å². The number of amides is 1. The Bertz CT molecular complexity index is 829. The molecule has 1 amide bonds. The van der Waals surface area contributed by atoms with E-state index in [0.29, 0.717) is 5.75 Å². The number of nitrogens with one attached hydrogen (secondary N) is 1. The minimum atomic E-state index is 0.0263. The number of halogens is 1. The molecule has 0 bridgehead atoms. The number of carbonyl (C=O) groups excluding carboxylic acids is 1. The van der Waals surface area contributed by atoms with Crippen molar-refractivity contribution in [3.05, 3.63) is 76.8 Å². The zero-order chi connectivity index (χ0) is 16.1. The quantitative estimate of drug-likeness (QED) is 0.630. The minimum absolute atomic E-state index is 0.0263. The Morgan fingerprint density at radius 2 is 1.70 bits per heavy atom. The Balaban J connectivity index is 1.60. The lowest BCUT2D eigenvalue weighted by Crippen LogP contribution is -2.14. The molecule has 116 valence electrons. The zero-order valence-corrected chi connectivity index (χ0v) is 14.9. The van der Waals surface area contributed by atoms with Gasteiger partial charge in [-0.1, -0.05) is 70.5 Å². The summed E-state index contributed by atoms with van der Waals surface area (Å²) < 4.78 is 1.09. The van der Waals surface area contributed by atoms with Gasteiger partial charge >= 0.3 is 0 Å². The van der Waals surface area contributed by atoms with E-state index < -0.39 is 0 Å². The van der Waals surface area contributed by atoms with Crippen molar-refractivity contribution < 1.29 is 4.79 Å². The fraction of sp³-hybridized carbons (Fsp3) is 0.105. The second-order valence-electron chi connectivity index (χ2n) is 5.16. The fourth-order valence-corrected chi connectivity index (χ4v) is 3.83. The van der Waals surface area contributed by atoms with Gasteiger partial charge in [-0.2, -0.15) is 0 Å². The summed E-state index contributed by atoms with van der Waals surface area (Å²) in [5.41, 5.74) is 2.07. The highest BCUT2D eigenvalue weighted by atomic mass is 79.9. The van der Waals surface area contributed by atoms with Crippen LogP contribution in [0.25, 0.3) is 10.8 Å². The van der Waals surface area contributed by atoms with E-state index in [9.17, 15) is 4.79 Å². The average Bonchev–Trinajstić information content (AvgIpc) is 2.57. The molecule has 4 heteroatoms. The van der Waals surface area contributed by atoms with Crippen LogP contribution in [0.15, 0.2) is 71.2 Å². The van der Waals surface area contributed by atoms with E-state index in [0.717, 1.165) is 26.7 Å². The van der Waals surface area contributed by atoms with Crippen molar-refractivity contribution in [2.45, 2.75) is 5.75 Å². The van der Waals surface area contributed by atoms with Crippen LogP contribution in [0.4, 0.5) is 5.69 Å². The lowest BCUT2D eigenvalue weighted by molar-refractivity contribution is -0.113. The predicted octanol–water partition coefficient (Wildman–Crippen LogP) is 5.47.